The van der Waals surface area contributed by atoms with Gasteiger partial charge < -0.3 is 13.3 Å². The van der Waals surface area contributed by atoms with E-state index in [4.69, 9.17) is 13.3 Å². The van der Waals surface area contributed by atoms with Crippen LogP contribution in [0, 0.1) is 0 Å². The maximum Gasteiger partial charge on any atom is 0.537 e. The second-order valence-corrected chi connectivity index (χ2v) is 8.21. The first-order valence-corrected chi connectivity index (χ1v) is 11.1. The fraction of sp³-hybridized carbons (Fsp3) is 0.600. The van der Waals surface area contributed by atoms with Crippen LogP contribution < -0.4 is 0 Å². The van der Waals surface area contributed by atoms with Gasteiger partial charge in [-0.2, -0.15) is 0 Å². The third-order valence-corrected chi connectivity index (χ3v) is 6.98. The molecule has 0 saturated heterocycles. The van der Waals surface area contributed by atoms with Crippen LogP contribution >= 0.6 is 0 Å². The minimum atomic E-state index is -2.87. The molecule has 0 aliphatic heterocycles. The van der Waals surface area contributed by atoms with E-state index in [9.17, 15) is 0 Å². The molecule has 0 aliphatic rings. The van der Waals surface area contributed by atoms with Crippen molar-refractivity contribution in [3.8, 4) is 0 Å². The first-order valence-electron chi connectivity index (χ1n) is 9.41. The lowest BCUT2D eigenvalue weighted by molar-refractivity contribution is 0.0870. The van der Waals surface area contributed by atoms with Gasteiger partial charge in [0.05, 0.1) is 0 Å². The maximum atomic E-state index is 6.13. The highest BCUT2D eigenvalue weighted by Crippen LogP contribution is 2.30. The molecule has 1 rings (SSSR count). The van der Waals surface area contributed by atoms with E-state index < -0.39 is 8.80 Å². The third kappa shape index (κ3) is 6.52. The summed E-state index contributed by atoms with van der Waals surface area (Å²) in [5, 5.41) is 1.12. The number of benzene rings is 1. The van der Waals surface area contributed by atoms with Crippen LogP contribution in [0.3, 0.4) is 0 Å². The normalized spacial score (nSPS) is 12.6. The van der Waals surface area contributed by atoms with Crippen molar-refractivity contribution >= 4 is 14.0 Å². The molecule has 0 fully saturated rings. The van der Waals surface area contributed by atoms with Gasteiger partial charge in [0.25, 0.3) is 0 Å². The van der Waals surface area contributed by atoms with Crippen molar-refractivity contribution in [2.45, 2.75) is 59.8 Å². The van der Waals surface area contributed by atoms with Crippen molar-refractivity contribution in [2.75, 3.05) is 19.8 Å². The molecule has 0 aliphatic carbocycles. The predicted molar refractivity (Wildman–Crippen MR) is 104 cm³/mol. The summed E-state index contributed by atoms with van der Waals surface area (Å²) in [4.78, 5) is 0. The van der Waals surface area contributed by atoms with Gasteiger partial charge in [-0.05, 0) is 39.2 Å². The maximum absolute atomic E-state index is 6.13. The van der Waals surface area contributed by atoms with Crippen molar-refractivity contribution < 1.29 is 13.3 Å². The van der Waals surface area contributed by atoms with Gasteiger partial charge in [0.1, 0.15) is 0 Å². The number of allylic oxidation sites excluding steroid dienone is 1. The summed E-state index contributed by atoms with van der Waals surface area (Å²) < 4.78 is 18.4. The molecule has 0 spiro atoms. The van der Waals surface area contributed by atoms with Gasteiger partial charge in [0, 0.05) is 25.0 Å². The number of unbranched alkanes of at least 4 members (excludes halogenated alkanes) is 4. The predicted octanol–water partition coefficient (Wildman–Crippen LogP) is 5.63. The second-order valence-electron chi connectivity index (χ2n) is 5.69. The smallest absolute Gasteiger partial charge is 0.370 e. The quantitative estimate of drug-likeness (QED) is 0.341. The van der Waals surface area contributed by atoms with Crippen LogP contribution in [-0.2, 0) is 13.3 Å². The molecule has 4 heteroatoms. The zero-order valence-electron chi connectivity index (χ0n) is 15.8. The number of hydrogen-bond donors (Lipinski definition) is 0. The lowest BCUT2D eigenvalue weighted by Gasteiger charge is -2.31. The molecule has 0 radical (unpaired) electrons. The van der Waals surface area contributed by atoms with Crippen LogP contribution in [0.2, 0.25) is 0 Å². The lowest BCUT2D eigenvalue weighted by atomic mass is 10.1. The van der Waals surface area contributed by atoms with Crippen molar-refractivity contribution in [2.24, 2.45) is 0 Å². The van der Waals surface area contributed by atoms with Crippen LogP contribution in [0.4, 0.5) is 0 Å². The summed E-state index contributed by atoms with van der Waals surface area (Å²) in [6.07, 6.45) is 8.33. The van der Waals surface area contributed by atoms with E-state index >= 15 is 0 Å². The van der Waals surface area contributed by atoms with Crippen molar-refractivity contribution in [3.63, 3.8) is 0 Å². The lowest BCUT2D eigenvalue weighted by Crippen LogP contribution is -2.47. The Morgan fingerprint density at radius 3 is 1.92 bits per heavy atom. The largest absolute Gasteiger partial charge is 0.537 e. The molecule has 1 aromatic rings. The number of hydrogen-bond acceptors (Lipinski definition) is 3. The molecule has 0 aromatic heterocycles. The van der Waals surface area contributed by atoms with Crippen molar-refractivity contribution in [3.05, 3.63) is 42.0 Å². The molecule has 0 amide bonds. The van der Waals surface area contributed by atoms with E-state index in [0.29, 0.717) is 19.8 Å². The van der Waals surface area contributed by atoms with Gasteiger partial charge in [-0.25, -0.2) is 0 Å². The van der Waals surface area contributed by atoms with Crippen LogP contribution in [0.1, 0.15) is 65.4 Å². The number of rotatable bonds is 13. The minimum Gasteiger partial charge on any atom is -0.370 e. The molecule has 24 heavy (non-hydrogen) atoms. The Kier molecular flexibility index (Phi) is 10.9. The van der Waals surface area contributed by atoms with Gasteiger partial charge in [0.15, 0.2) is 0 Å². The molecule has 3 nitrogen and oxygen atoms in total. The molecule has 1 aromatic carbocycles. The van der Waals surface area contributed by atoms with Crippen molar-refractivity contribution in [1.29, 1.82) is 0 Å². The average molecular weight is 351 g/mol. The van der Waals surface area contributed by atoms with Gasteiger partial charge in [-0.15, -0.1) is 0 Å². The van der Waals surface area contributed by atoms with Crippen LogP contribution in [0.5, 0.6) is 0 Å². The van der Waals surface area contributed by atoms with E-state index in [-0.39, 0.29) is 0 Å². The Balaban J connectivity index is 3.13. The molecule has 0 N–H and O–H groups in total. The Morgan fingerprint density at radius 1 is 0.833 bits per heavy atom. The first kappa shape index (κ1) is 21.1. The Labute approximate surface area is 149 Å². The topological polar surface area (TPSA) is 27.7 Å². The summed E-state index contributed by atoms with van der Waals surface area (Å²) >= 11 is 0. The third-order valence-electron chi connectivity index (χ3n) is 3.82. The SMILES string of the molecule is CCCCCCC=C(c1ccccc1)[Si](OCC)(OCC)OCC. The summed E-state index contributed by atoms with van der Waals surface area (Å²) in [5.41, 5.74) is 1.15. The highest BCUT2D eigenvalue weighted by atomic mass is 28.4. The van der Waals surface area contributed by atoms with Crippen LogP contribution in [0.15, 0.2) is 36.4 Å². The zero-order chi connectivity index (χ0) is 17.7. The average Bonchev–Trinajstić information content (AvgIpc) is 2.59. The summed E-state index contributed by atoms with van der Waals surface area (Å²) in [5.74, 6) is 0. The zero-order valence-corrected chi connectivity index (χ0v) is 16.8. The Hall–Kier alpha value is -0.943. The van der Waals surface area contributed by atoms with E-state index in [2.05, 4.69) is 37.3 Å². The van der Waals surface area contributed by atoms with E-state index in [1.54, 1.807) is 0 Å². The van der Waals surface area contributed by atoms with Gasteiger partial charge >= 0.3 is 8.80 Å². The molecular formula is C20H34O3Si. The molecule has 0 unspecified atom stereocenters. The van der Waals surface area contributed by atoms with Crippen LogP contribution in [-0.4, -0.2) is 28.6 Å². The molecular weight excluding hydrogens is 316 g/mol. The monoisotopic (exact) mass is 350 g/mol. The molecule has 136 valence electrons. The minimum absolute atomic E-state index is 0.590. The Bertz CT molecular complexity index is 442. The molecule has 0 bridgehead atoms. The molecule has 0 heterocycles. The summed E-state index contributed by atoms with van der Waals surface area (Å²) in [7, 11) is -2.87. The van der Waals surface area contributed by atoms with E-state index in [1.165, 1.54) is 25.7 Å². The fourth-order valence-electron chi connectivity index (χ4n) is 2.78. The molecule has 0 saturated carbocycles. The fourth-order valence-corrected chi connectivity index (χ4v) is 5.55. The van der Waals surface area contributed by atoms with E-state index in [1.807, 2.05) is 26.8 Å². The van der Waals surface area contributed by atoms with Crippen LogP contribution in [0.25, 0.3) is 5.20 Å². The summed E-state index contributed by atoms with van der Waals surface area (Å²) in [6, 6.07) is 10.4. The van der Waals surface area contributed by atoms with Gasteiger partial charge in [-0.1, -0.05) is 62.6 Å². The van der Waals surface area contributed by atoms with Gasteiger partial charge in [0.2, 0.25) is 0 Å². The van der Waals surface area contributed by atoms with Crippen molar-refractivity contribution in [1.82, 2.24) is 0 Å². The van der Waals surface area contributed by atoms with E-state index in [0.717, 1.165) is 17.2 Å². The second kappa shape index (κ2) is 12.4. The highest BCUT2D eigenvalue weighted by Gasteiger charge is 2.45. The Morgan fingerprint density at radius 2 is 1.42 bits per heavy atom. The summed E-state index contributed by atoms with van der Waals surface area (Å²) in [6.45, 7) is 10.0. The standard InChI is InChI=1S/C20H34O3Si/c1-5-9-10-11-15-18-20(19-16-13-12-14-17-19)24(21-6-2,22-7-3)23-8-4/h12-14,16-18H,5-11,15H2,1-4H3. The van der Waals surface area contributed by atoms with Gasteiger partial charge in [-0.3, -0.25) is 0 Å². The highest BCUT2D eigenvalue weighted by molar-refractivity contribution is 6.81. The molecule has 0 atom stereocenters. The first-order chi connectivity index (χ1) is 11.7.